The van der Waals surface area contributed by atoms with E-state index in [4.69, 9.17) is 22.1 Å². The van der Waals surface area contributed by atoms with Gasteiger partial charge in [0.15, 0.2) is 0 Å². The quantitative estimate of drug-likeness (QED) is 0.857. The molecule has 0 heterocycles. The molecule has 0 aromatic heterocycles. The van der Waals surface area contributed by atoms with Crippen molar-refractivity contribution in [3.05, 3.63) is 28.8 Å². The maximum atomic E-state index is 6.00. The molecule has 0 saturated heterocycles. The summed E-state index contributed by atoms with van der Waals surface area (Å²) < 4.78 is 5.70. The summed E-state index contributed by atoms with van der Waals surface area (Å²) in [6, 6.07) is 6.00. The molecule has 0 bridgehead atoms. The molecule has 1 aliphatic rings. The minimum absolute atomic E-state index is 0.313. The van der Waals surface area contributed by atoms with Gasteiger partial charge >= 0.3 is 0 Å². The standard InChI is InChI=1S/C13H18ClNO/c1-9-8-11(14)4-5-13(9)16-7-6-12(15)10-2-3-10/h4-5,8,10,12H,2-3,6-7,15H2,1H3. The van der Waals surface area contributed by atoms with Crippen LogP contribution in [0.2, 0.25) is 5.02 Å². The molecule has 1 aliphatic carbocycles. The lowest BCUT2D eigenvalue weighted by Gasteiger charge is -2.12. The predicted molar refractivity (Wildman–Crippen MR) is 67.0 cm³/mol. The molecule has 1 unspecified atom stereocenters. The average Bonchev–Trinajstić information content (AvgIpc) is 3.04. The van der Waals surface area contributed by atoms with E-state index in [9.17, 15) is 0 Å². The van der Waals surface area contributed by atoms with Crippen LogP contribution in [-0.4, -0.2) is 12.6 Å². The number of halogens is 1. The smallest absolute Gasteiger partial charge is 0.122 e. The highest BCUT2D eigenvalue weighted by atomic mass is 35.5. The summed E-state index contributed by atoms with van der Waals surface area (Å²) in [5, 5.41) is 0.750. The van der Waals surface area contributed by atoms with Crippen LogP contribution in [0.25, 0.3) is 0 Å². The van der Waals surface area contributed by atoms with Gasteiger partial charge in [-0.15, -0.1) is 0 Å². The molecule has 1 aromatic rings. The largest absolute Gasteiger partial charge is 0.493 e. The van der Waals surface area contributed by atoms with Crippen LogP contribution < -0.4 is 10.5 Å². The van der Waals surface area contributed by atoms with Crippen LogP contribution in [0.1, 0.15) is 24.8 Å². The van der Waals surface area contributed by atoms with Crippen molar-refractivity contribution in [2.24, 2.45) is 11.7 Å². The first-order valence-corrected chi connectivity index (χ1v) is 6.19. The molecule has 3 heteroatoms. The molecule has 2 nitrogen and oxygen atoms in total. The van der Waals surface area contributed by atoms with E-state index in [0.29, 0.717) is 12.6 Å². The van der Waals surface area contributed by atoms with E-state index >= 15 is 0 Å². The summed E-state index contributed by atoms with van der Waals surface area (Å²) in [6.45, 7) is 2.70. The van der Waals surface area contributed by atoms with Gasteiger partial charge in [0.2, 0.25) is 0 Å². The number of hydrogen-bond acceptors (Lipinski definition) is 2. The Balaban J connectivity index is 1.80. The number of hydrogen-bond donors (Lipinski definition) is 1. The Bertz CT molecular complexity index is 363. The molecule has 0 radical (unpaired) electrons. The van der Waals surface area contributed by atoms with Gasteiger partial charge in [0.05, 0.1) is 6.61 Å². The summed E-state index contributed by atoms with van der Waals surface area (Å²) in [5.41, 5.74) is 7.08. The molecular formula is C13H18ClNO. The van der Waals surface area contributed by atoms with Crippen LogP contribution in [-0.2, 0) is 0 Å². The Morgan fingerprint density at radius 3 is 2.88 bits per heavy atom. The third-order valence-electron chi connectivity index (χ3n) is 3.07. The third-order valence-corrected chi connectivity index (χ3v) is 3.31. The fraction of sp³-hybridized carbons (Fsp3) is 0.538. The van der Waals surface area contributed by atoms with Gasteiger partial charge in [0, 0.05) is 11.1 Å². The highest BCUT2D eigenvalue weighted by Gasteiger charge is 2.27. The lowest BCUT2D eigenvalue weighted by atomic mass is 10.1. The Morgan fingerprint density at radius 1 is 1.50 bits per heavy atom. The van der Waals surface area contributed by atoms with Gasteiger partial charge in [-0.3, -0.25) is 0 Å². The Morgan fingerprint density at radius 2 is 2.25 bits per heavy atom. The maximum absolute atomic E-state index is 6.00. The molecule has 16 heavy (non-hydrogen) atoms. The highest BCUT2D eigenvalue weighted by molar-refractivity contribution is 6.30. The number of rotatable bonds is 5. The van der Waals surface area contributed by atoms with E-state index in [1.54, 1.807) is 0 Å². The van der Waals surface area contributed by atoms with Crippen LogP contribution in [0.4, 0.5) is 0 Å². The first-order valence-electron chi connectivity index (χ1n) is 5.81. The lowest BCUT2D eigenvalue weighted by molar-refractivity contribution is 0.290. The Labute approximate surface area is 102 Å². The number of aryl methyl sites for hydroxylation is 1. The minimum Gasteiger partial charge on any atom is -0.493 e. The second-order valence-corrected chi connectivity index (χ2v) is 4.98. The summed E-state index contributed by atoms with van der Waals surface area (Å²) >= 11 is 5.88. The van der Waals surface area contributed by atoms with E-state index < -0.39 is 0 Å². The van der Waals surface area contributed by atoms with Gasteiger partial charge in [0.1, 0.15) is 5.75 Å². The van der Waals surface area contributed by atoms with Crippen molar-refractivity contribution in [3.8, 4) is 5.75 Å². The molecule has 1 aromatic carbocycles. The molecule has 2 rings (SSSR count). The monoisotopic (exact) mass is 239 g/mol. The molecule has 1 saturated carbocycles. The van der Waals surface area contributed by atoms with Crippen LogP contribution in [0.15, 0.2) is 18.2 Å². The van der Waals surface area contributed by atoms with Crippen molar-refractivity contribution >= 4 is 11.6 Å². The Hall–Kier alpha value is -0.730. The van der Waals surface area contributed by atoms with Crippen molar-refractivity contribution in [2.45, 2.75) is 32.2 Å². The Kier molecular flexibility index (Phi) is 3.72. The van der Waals surface area contributed by atoms with Crippen molar-refractivity contribution in [2.75, 3.05) is 6.61 Å². The van der Waals surface area contributed by atoms with Gasteiger partial charge in [-0.25, -0.2) is 0 Å². The van der Waals surface area contributed by atoms with Crippen LogP contribution >= 0.6 is 11.6 Å². The van der Waals surface area contributed by atoms with Crippen molar-refractivity contribution in [1.82, 2.24) is 0 Å². The number of ether oxygens (including phenoxy) is 1. The lowest BCUT2D eigenvalue weighted by Crippen LogP contribution is -2.24. The molecule has 0 spiro atoms. The van der Waals surface area contributed by atoms with E-state index in [1.807, 2.05) is 25.1 Å². The van der Waals surface area contributed by atoms with Crippen molar-refractivity contribution in [1.29, 1.82) is 0 Å². The fourth-order valence-electron chi connectivity index (χ4n) is 1.84. The summed E-state index contributed by atoms with van der Waals surface area (Å²) in [6.07, 6.45) is 3.52. The number of nitrogens with two attached hydrogens (primary N) is 1. The van der Waals surface area contributed by atoms with Gasteiger partial charge in [0.25, 0.3) is 0 Å². The molecule has 1 atom stereocenters. The van der Waals surface area contributed by atoms with Gasteiger partial charge in [-0.2, -0.15) is 0 Å². The van der Waals surface area contributed by atoms with E-state index in [2.05, 4.69) is 0 Å². The second-order valence-electron chi connectivity index (χ2n) is 4.55. The number of benzene rings is 1. The van der Waals surface area contributed by atoms with Gasteiger partial charge in [-0.1, -0.05) is 11.6 Å². The van der Waals surface area contributed by atoms with Crippen LogP contribution in [0.3, 0.4) is 0 Å². The first kappa shape index (κ1) is 11.7. The minimum atomic E-state index is 0.313. The SMILES string of the molecule is Cc1cc(Cl)ccc1OCCC(N)C1CC1. The predicted octanol–water partition coefficient (Wildman–Crippen LogP) is 3.15. The molecular weight excluding hydrogens is 222 g/mol. The van der Waals surface area contributed by atoms with Gasteiger partial charge in [-0.05, 0) is 55.9 Å². The highest BCUT2D eigenvalue weighted by Crippen LogP contribution is 2.32. The molecule has 0 aliphatic heterocycles. The zero-order valence-electron chi connectivity index (χ0n) is 9.58. The van der Waals surface area contributed by atoms with Crippen molar-refractivity contribution < 1.29 is 4.74 Å². The average molecular weight is 240 g/mol. The fourth-order valence-corrected chi connectivity index (χ4v) is 2.07. The first-order chi connectivity index (χ1) is 7.66. The zero-order valence-corrected chi connectivity index (χ0v) is 10.3. The molecule has 1 fully saturated rings. The third kappa shape index (κ3) is 3.13. The van der Waals surface area contributed by atoms with E-state index in [0.717, 1.165) is 28.7 Å². The van der Waals surface area contributed by atoms with E-state index in [-0.39, 0.29) is 0 Å². The molecule has 2 N–H and O–H groups in total. The molecule has 0 amide bonds. The van der Waals surface area contributed by atoms with E-state index in [1.165, 1.54) is 12.8 Å². The van der Waals surface area contributed by atoms with Crippen LogP contribution in [0.5, 0.6) is 5.75 Å². The second kappa shape index (κ2) is 5.07. The topological polar surface area (TPSA) is 35.2 Å². The summed E-state index contributed by atoms with van der Waals surface area (Å²) in [7, 11) is 0. The molecule has 88 valence electrons. The van der Waals surface area contributed by atoms with Crippen LogP contribution in [0, 0.1) is 12.8 Å². The van der Waals surface area contributed by atoms with Gasteiger partial charge < -0.3 is 10.5 Å². The maximum Gasteiger partial charge on any atom is 0.122 e. The summed E-state index contributed by atoms with van der Waals surface area (Å²) in [5.74, 6) is 1.65. The summed E-state index contributed by atoms with van der Waals surface area (Å²) in [4.78, 5) is 0. The normalized spacial score (nSPS) is 17.2. The van der Waals surface area contributed by atoms with Crippen molar-refractivity contribution in [3.63, 3.8) is 0 Å². The zero-order chi connectivity index (χ0) is 11.5.